The lowest BCUT2D eigenvalue weighted by Crippen LogP contribution is -2.31. The van der Waals surface area contributed by atoms with Crippen LogP contribution >= 0.6 is 0 Å². The quantitative estimate of drug-likeness (QED) is 0.868. The second-order valence-electron chi connectivity index (χ2n) is 4.51. The lowest BCUT2D eigenvalue weighted by Gasteiger charge is -2.16. The Balaban J connectivity index is 2.66. The number of rotatable bonds is 5. The highest BCUT2D eigenvalue weighted by molar-refractivity contribution is 5.77. The molecule has 0 saturated heterocycles. The number of hydrogen-bond acceptors (Lipinski definition) is 3. The number of amides is 1. The fourth-order valence-electron chi connectivity index (χ4n) is 1.54. The van der Waals surface area contributed by atoms with Crippen LogP contribution in [0.15, 0.2) is 18.2 Å². The van der Waals surface area contributed by atoms with Gasteiger partial charge in [0, 0.05) is 19.6 Å². The van der Waals surface area contributed by atoms with Crippen LogP contribution in [0.5, 0.6) is 5.75 Å². The smallest absolute Gasteiger partial charge is 0.260 e. The van der Waals surface area contributed by atoms with Crippen molar-refractivity contribution in [2.75, 3.05) is 20.2 Å². The minimum absolute atomic E-state index is 0.00519. The van der Waals surface area contributed by atoms with E-state index in [4.69, 9.17) is 10.5 Å². The van der Waals surface area contributed by atoms with Crippen LogP contribution in [-0.4, -0.2) is 31.0 Å². The zero-order chi connectivity index (χ0) is 13.7. The van der Waals surface area contributed by atoms with Gasteiger partial charge in [0.25, 0.3) is 5.91 Å². The fourth-order valence-corrected chi connectivity index (χ4v) is 1.54. The fraction of sp³-hybridized carbons (Fsp3) is 0.500. The van der Waals surface area contributed by atoms with Crippen LogP contribution in [0.1, 0.15) is 31.0 Å². The average Bonchev–Trinajstić information content (AvgIpc) is 2.35. The molecule has 1 aromatic rings. The zero-order valence-electron chi connectivity index (χ0n) is 11.6. The van der Waals surface area contributed by atoms with Gasteiger partial charge in [-0.3, -0.25) is 4.79 Å². The van der Waals surface area contributed by atoms with Gasteiger partial charge in [-0.15, -0.1) is 0 Å². The van der Waals surface area contributed by atoms with Crippen molar-refractivity contribution in [1.29, 1.82) is 0 Å². The molecular formula is C14H22N2O2. The highest BCUT2D eigenvalue weighted by Gasteiger charge is 2.09. The molecule has 0 aromatic heterocycles. The van der Waals surface area contributed by atoms with Crippen LogP contribution in [-0.2, 0) is 4.79 Å². The van der Waals surface area contributed by atoms with E-state index < -0.39 is 0 Å². The van der Waals surface area contributed by atoms with Crippen molar-refractivity contribution in [3.8, 4) is 5.75 Å². The molecule has 0 aliphatic rings. The maximum Gasteiger partial charge on any atom is 0.260 e. The molecule has 1 rings (SSSR count). The van der Waals surface area contributed by atoms with E-state index in [1.165, 1.54) is 0 Å². The molecule has 4 heteroatoms. The number of nitrogens with zero attached hydrogens (tertiary/aromatic N) is 1. The predicted octanol–water partition coefficient (Wildman–Crippen LogP) is 1.87. The lowest BCUT2D eigenvalue weighted by molar-refractivity contribution is -0.131. The van der Waals surface area contributed by atoms with Crippen molar-refractivity contribution in [3.05, 3.63) is 29.3 Å². The number of carbonyl (C=O) groups is 1. The molecule has 0 radical (unpaired) electrons. The Morgan fingerprint density at radius 3 is 2.67 bits per heavy atom. The van der Waals surface area contributed by atoms with Crippen molar-refractivity contribution >= 4 is 5.91 Å². The molecule has 0 fully saturated rings. The normalized spacial score (nSPS) is 12.1. The first-order valence-electron chi connectivity index (χ1n) is 6.18. The molecular weight excluding hydrogens is 228 g/mol. The van der Waals surface area contributed by atoms with Gasteiger partial charge in [-0.25, -0.2) is 0 Å². The molecule has 0 saturated carbocycles. The van der Waals surface area contributed by atoms with Crippen molar-refractivity contribution < 1.29 is 9.53 Å². The summed E-state index contributed by atoms with van der Waals surface area (Å²) in [5, 5.41) is 0. The van der Waals surface area contributed by atoms with E-state index in [2.05, 4.69) is 0 Å². The highest BCUT2D eigenvalue weighted by Crippen LogP contribution is 2.21. The molecule has 0 bridgehead atoms. The standard InChI is InChI=1S/C14H22N2O2/c1-5-16(4)14(17)9-18-13-7-6-12(11(3)15)8-10(13)2/h6-8,11H,5,9,15H2,1-4H3/t11-/m0/s1. The number of benzene rings is 1. The number of ether oxygens (including phenoxy) is 1. The zero-order valence-corrected chi connectivity index (χ0v) is 11.6. The van der Waals surface area contributed by atoms with Gasteiger partial charge in [0.2, 0.25) is 0 Å². The summed E-state index contributed by atoms with van der Waals surface area (Å²) in [6.45, 7) is 6.58. The summed E-state index contributed by atoms with van der Waals surface area (Å²) >= 11 is 0. The monoisotopic (exact) mass is 250 g/mol. The van der Waals surface area contributed by atoms with E-state index in [0.717, 1.165) is 16.9 Å². The first-order valence-corrected chi connectivity index (χ1v) is 6.18. The van der Waals surface area contributed by atoms with Crippen molar-refractivity contribution in [2.45, 2.75) is 26.8 Å². The summed E-state index contributed by atoms with van der Waals surface area (Å²) in [5.41, 5.74) is 7.87. The average molecular weight is 250 g/mol. The third-order valence-electron chi connectivity index (χ3n) is 2.98. The van der Waals surface area contributed by atoms with Gasteiger partial charge < -0.3 is 15.4 Å². The Hall–Kier alpha value is -1.55. The molecule has 100 valence electrons. The van der Waals surface area contributed by atoms with Gasteiger partial charge in [-0.2, -0.15) is 0 Å². The molecule has 2 N–H and O–H groups in total. The molecule has 0 spiro atoms. The van der Waals surface area contributed by atoms with Gasteiger partial charge in [0.05, 0.1) is 0 Å². The van der Waals surface area contributed by atoms with Gasteiger partial charge in [0.1, 0.15) is 5.75 Å². The first-order chi connectivity index (χ1) is 8.45. The summed E-state index contributed by atoms with van der Waals surface area (Å²) in [5.74, 6) is 0.713. The van der Waals surface area contributed by atoms with Crippen LogP contribution < -0.4 is 10.5 Å². The summed E-state index contributed by atoms with van der Waals surface area (Å²) in [7, 11) is 1.76. The summed E-state index contributed by atoms with van der Waals surface area (Å²) < 4.78 is 5.52. The Bertz CT molecular complexity index is 416. The molecule has 0 unspecified atom stereocenters. The van der Waals surface area contributed by atoms with Gasteiger partial charge in [-0.1, -0.05) is 12.1 Å². The third kappa shape index (κ3) is 3.74. The molecule has 0 aliphatic heterocycles. The molecule has 0 heterocycles. The summed E-state index contributed by atoms with van der Waals surface area (Å²) in [4.78, 5) is 13.2. The van der Waals surface area contributed by atoms with E-state index in [9.17, 15) is 4.79 Å². The second-order valence-corrected chi connectivity index (χ2v) is 4.51. The Labute approximate surface area is 109 Å². The second kappa shape index (κ2) is 6.40. The van der Waals surface area contributed by atoms with Crippen molar-refractivity contribution in [1.82, 2.24) is 4.90 Å². The van der Waals surface area contributed by atoms with Gasteiger partial charge in [-0.05, 0) is 38.0 Å². The predicted molar refractivity (Wildman–Crippen MR) is 72.6 cm³/mol. The number of likely N-dealkylation sites (N-methyl/N-ethyl adjacent to an activating group) is 1. The molecule has 1 aromatic carbocycles. The molecule has 1 amide bonds. The topological polar surface area (TPSA) is 55.6 Å². The van der Waals surface area contributed by atoms with Crippen LogP contribution in [0.4, 0.5) is 0 Å². The molecule has 1 atom stereocenters. The first kappa shape index (κ1) is 14.5. The maximum absolute atomic E-state index is 11.6. The largest absolute Gasteiger partial charge is 0.484 e. The van der Waals surface area contributed by atoms with Gasteiger partial charge in [0.15, 0.2) is 6.61 Å². The number of hydrogen-bond donors (Lipinski definition) is 1. The van der Waals surface area contributed by atoms with Crippen molar-refractivity contribution in [3.63, 3.8) is 0 Å². The summed E-state index contributed by atoms with van der Waals surface area (Å²) in [6, 6.07) is 5.80. The minimum Gasteiger partial charge on any atom is -0.484 e. The van der Waals surface area contributed by atoms with Gasteiger partial charge >= 0.3 is 0 Å². The Kier molecular flexibility index (Phi) is 5.16. The lowest BCUT2D eigenvalue weighted by atomic mass is 10.1. The van der Waals surface area contributed by atoms with E-state index >= 15 is 0 Å². The van der Waals surface area contributed by atoms with Crippen LogP contribution in [0.2, 0.25) is 0 Å². The number of carbonyl (C=O) groups excluding carboxylic acids is 1. The van der Waals surface area contributed by atoms with Crippen LogP contribution in [0, 0.1) is 6.92 Å². The van der Waals surface area contributed by atoms with E-state index in [0.29, 0.717) is 6.54 Å². The molecule has 0 aliphatic carbocycles. The van der Waals surface area contributed by atoms with E-state index in [1.807, 2.05) is 39.0 Å². The van der Waals surface area contributed by atoms with E-state index in [-0.39, 0.29) is 18.6 Å². The number of aryl methyl sites for hydroxylation is 1. The SMILES string of the molecule is CCN(C)C(=O)COc1ccc([C@H](C)N)cc1C. The van der Waals surface area contributed by atoms with E-state index in [1.54, 1.807) is 11.9 Å². The minimum atomic E-state index is -0.0202. The van der Waals surface area contributed by atoms with Crippen LogP contribution in [0.25, 0.3) is 0 Å². The number of nitrogens with two attached hydrogens (primary N) is 1. The maximum atomic E-state index is 11.6. The molecule has 18 heavy (non-hydrogen) atoms. The molecule has 4 nitrogen and oxygen atoms in total. The van der Waals surface area contributed by atoms with Crippen molar-refractivity contribution in [2.24, 2.45) is 5.73 Å². The Morgan fingerprint density at radius 2 is 2.17 bits per heavy atom. The van der Waals surface area contributed by atoms with Crippen LogP contribution in [0.3, 0.4) is 0 Å². The third-order valence-corrected chi connectivity index (χ3v) is 2.98. The summed E-state index contributed by atoms with van der Waals surface area (Å²) in [6.07, 6.45) is 0. The Morgan fingerprint density at radius 1 is 1.50 bits per heavy atom. The highest BCUT2D eigenvalue weighted by atomic mass is 16.5.